The van der Waals surface area contributed by atoms with Gasteiger partial charge in [-0.25, -0.2) is 14.2 Å². The lowest BCUT2D eigenvalue weighted by Gasteiger charge is -2.10. The number of fused-ring (bicyclic) bond motifs is 1. The highest BCUT2D eigenvalue weighted by Crippen LogP contribution is 2.27. The van der Waals surface area contributed by atoms with Gasteiger partial charge in [0.25, 0.3) is 17.2 Å². The first kappa shape index (κ1) is 22.2. The summed E-state index contributed by atoms with van der Waals surface area (Å²) in [4.78, 5) is 33.3. The van der Waals surface area contributed by atoms with Gasteiger partial charge in [0.15, 0.2) is 0 Å². The Kier molecular flexibility index (Phi) is 5.30. The molecule has 0 spiro atoms. The lowest BCUT2D eigenvalue weighted by Crippen LogP contribution is -2.24. The smallest absolute Gasteiger partial charge is 0.320 e. The molecule has 12 heteroatoms. The fourth-order valence-electron chi connectivity index (χ4n) is 3.64. The van der Waals surface area contributed by atoms with Crippen LogP contribution < -0.4 is 10.9 Å². The summed E-state index contributed by atoms with van der Waals surface area (Å²) in [5, 5.41) is 6.13. The summed E-state index contributed by atoms with van der Waals surface area (Å²) in [7, 11) is 1.70. The van der Waals surface area contributed by atoms with Crippen LogP contribution in [0, 0.1) is 20.8 Å². The molecule has 9 nitrogen and oxygen atoms in total. The summed E-state index contributed by atoms with van der Waals surface area (Å²) in [5.41, 5.74) is 1.96. The predicted molar refractivity (Wildman–Crippen MR) is 113 cm³/mol. The molecule has 1 amide bonds. The summed E-state index contributed by atoms with van der Waals surface area (Å²) in [5.74, 6) is -2.02. The van der Waals surface area contributed by atoms with Crippen molar-refractivity contribution >= 4 is 17.4 Å². The van der Waals surface area contributed by atoms with Gasteiger partial charge in [-0.1, -0.05) is 18.2 Å². The van der Waals surface area contributed by atoms with Gasteiger partial charge in [0, 0.05) is 24.0 Å². The van der Waals surface area contributed by atoms with E-state index in [-0.39, 0.29) is 17.9 Å². The topological polar surface area (TPSA) is 99.1 Å². The summed E-state index contributed by atoms with van der Waals surface area (Å²) >= 11 is 0. The highest BCUT2D eigenvalue weighted by atomic mass is 19.4. The number of carbonyl (C=O) groups excluding carboxylic acids is 1. The van der Waals surface area contributed by atoms with E-state index in [1.807, 2.05) is 6.07 Å². The van der Waals surface area contributed by atoms with Crippen molar-refractivity contribution in [3.8, 4) is 5.69 Å². The number of nitrogens with zero attached hydrogens (tertiary/aromatic N) is 6. The van der Waals surface area contributed by atoms with Crippen molar-refractivity contribution in [3.63, 3.8) is 0 Å². The second-order valence-corrected chi connectivity index (χ2v) is 7.57. The molecule has 0 bridgehead atoms. The number of hydrogen-bond acceptors (Lipinski definition) is 5. The number of rotatable bonds is 4. The van der Waals surface area contributed by atoms with E-state index < -0.39 is 23.5 Å². The third kappa shape index (κ3) is 3.88. The van der Waals surface area contributed by atoms with Crippen LogP contribution in [-0.4, -0.2) is 34.9 Å². The van der Waals surface area contributed by atoms with Gasteiger partial charge >= 0.3 is 6.18 Å². The van der Waals surface area contributed by atoms with Gasteiger partial charge in [-0.3, -0.25) is 14.3 Å². The molecule has 0 fully saturated rings. The number of halogens is 3. The summed E-state index contributed by atoms with van der Waals surface area (Å²) in [6, 6.07) is 8.97. The minimum Gasteiger partial charge on any atom is -0.320 e. The molecule has 0 saturated carbocycles. The van der Waals surface area contributed by atoms with Crippen LogP contribution in [0.25, 0.3) is 11.5 Å². The van der Waals surface area contributed by atoms with E-state index in [2.05, 4.69) is 20.4 Å². The Morgan fingerprint density at radius 1 is 1.06 bits per heavy atom. The molecule has 1 aromatic carbocycles. The Morgan fingerprint density at radius 3 is 2.36 bits per heavy atom. The molecule has 0 aliphatic heterocycles. The Morgan fingerprint density at radius 2 is 1.73 bits per heavy atom. The second kappa shape index (κ2) is 7.87. The number of aryl methyl sites for hydroxylation is 2. The molecule has 0 atom stereocenters. The molecule has 3 heterocycles. The van der Waals surface area contributed by atoms with Crippen LogP contribution in [0.2, 0.25) is 0 Å². The van der Waals surface area contributed by atoms with E-state index in [9.17, 15) is 22.8 Å². The van der Waals surface area contributed by atoms with Gasteiger partial charge in [-0.2, -0.15) is 18.2 Å². The standard InChI is InChI=1S/C21H20F3N7O2/c1-11-15(12(2)30-20(25-11)27-19(28-30)21(22,23)24)10-16(32)26-17-13(3)29(4)31(18(17)33)14-8-6-5-7-9-14/h5-9H,10H2,1-4H3,(H,26,32). The van der Waals surface area contributed by atoms with Gasteiger partial charge in [-0.05, 0) is 32.9 Å². The molecule has 0 unspecified atom stereocenters. The average molecular weight is 459 g/mol. The van der Waals surface area contributed by atoms with Crippen LogP contribution in [0.5, 0.6) is 0 Å². The van der Waals surface area contributed by atoms with Crippen LogP contribution in [-0.2, 0) is 24.4 Å². The molecule has 172 valence electrons. The van der Waals surface area contributed by atoms with E-state index in [0.29, 0.717) is 28.3 Å². The number of anilines is 1. The summed E-state index contributed by atoms with van der Waals surface area (Å²) in [6.45, 7) is 4.82. The number of carbonyl (C=O) groups is 1. The van der Waals surface area contributed by atoms with Gasteiger partial charge in [-0.15, -0.1) is 5.10 Å². The Hall–Kier alpha value is -3.96. The van der Waals surface area contributed by atoms with Gasteiger partial charge in [0.05, 0.1) is 17.8 Å². The monoisotopic (exact) mass is 459 g/mol. The normalized spacial score (nSPS) is 11.8. The molecule has 0 aliphatic carbocycles. The maximum atomic E-state index is 13.0. The zero-order valence-corrected chi connectivity index (χ0v) is 18.2. The van der Waals surface area contributed by atoms with Crippen LogP contribution in [0.1, 0.15) is 28.5 Å². The highest BCUT2D eigenvalue weighted by molar-refractivity contribution is 5.93. The molecular formula is C21H20F3N7O2. The maximum absolute atomic E-state index is 13.0. The number of amides is 1. The fraction of sp³-hybridized carbons (Fsp3) is 0.286. The van der Waals surface area contributed by atoms with Crippen molar-refractivity contribution in [2.75, 3.05) is 5.32 Å². The minimum absolute atomic E-state index is 0.121. The largest absolute Gasteiger partial charge is 0.453 e. The van der Waals surface area contributed by atoms with Crippen LogP contribution in [0.15, 0.2) is 35.1 Å². The number of para-hydroxylation sites is 1. The van der Waals surface area contributed by atoms with Crippen LogP contribution in [0.3, 0.4) is 0 Å². The second-order valence-electron chi connectivity index (χ2n) is 7.57. The predicted octanol–water partition coefficient (Wildman–Crippen LogP) is 2.74. The number of alkyl halides is 3. The molecule has 4 rings (SSSR count). The van der Waals surface area contributed by atoms with E-state index in [0.717, 1.165) is 4.52 Å². The van der Waals surface area contributed by atoms with Gasteiger partial charge in [0.1, 0.15) is 5.69 Å². The van der Waals surface area contributed by atoms with Crippen LogP contribution in [0.4, 0.5) is 18.9 Å². The third-order valence-electron chi connectivity index (χ3n) is 5.46. The molecule has 0 saturated heterocycles. The van der Waals surface area contributed by atoms with E-state index >= 15 is 0 Å². The summed E-state index contributed by atoms with van der Waals surface area (Å²) < 4.78 is 43.0. The van der Waals surface area contributed by atoms with Crippen molar-refractivity contribution in [2.45, 2.75) is 33.4 Å². The fourth-order valence-corrected chi connectivity index (χ4v) is 3.64. The molecule has 4 aromatic rings. The van der Waals surface area contributed by atoms with Crippen LogP contribution >= 0.6 is 0 Å². The van der Waals surface area contributed by atoms with Crippen molar-refractivity contribution in [2.24, 2.45) is 7.05 Å². The number of aromatic nitrogens is 6. The quantitative estimate of drug-likeness (QED) is 0.506. The molecule has 33 heavy (non-hydrogen) atoms. The van der Waals surface area contributed by atoms with Crippen molar-refractivity contribution < 1.29 is 18.0 Å². The maximum Gasteiger partial charge on any atom is 0.453 e. The zero-order chi connectivity index (χ0) is 24.1. The number of nitrogens with one attached hydrogen (secondary N) is 1. The van der Waals surface area contributed by atoms with Crippen molar-refractivity contribution in [3.05, 3.63) is 69.2 Å². The Bertz CT molecular complexity index is 1430. The first-order chi connectivity index (χ1) is 15.5. The molecule has 0 radical (unpaired) electrons. The zero-order valence-electron chi connectivity index (χ0n) is 18.2. The van der Waals surface area contributed by atoms with Crippen molar-refractivity contribution in [1.29, 1.82) is 0 Å². The first-order valence-electron chi connectivity index (χ1n) is 9.93. The lowest BCUT2D eigenvalue weighted by atomic mass is 10.1. The Labute approximate surface area is 185 Å². The number of hydrogen-bond donors (Lipinski definition) is 1. The van der Waals surface area contributed by atoms with Gasteiger partial charge < -0.3 is 5.32 Å². The van der Waals surface area contributed by atoms with E-state index in [4.69, 9.17) is 0 Å². The first-order valence-corrected chi connectivity index (χ1v) is 9.93. The highest BCUT2D eigenvalue weighted by Gasteiger charge is 2.37. The Balaban J connectivity index is 1.66. The van der Waals surface area contributed by atoms with E-state index in [1.54, 1.807) is 49.8 Å². The SMILES string of the molecule is Cc1nc2nc(C(F)(F)F)nn2c(C)c1CC(=O)Nc1c(C)n(C)n(-c2ccccc2)c1=O. The lowest BCUT2D eigenvalue weighted by molar-refractivity contribution is -0.144. The summed E-state index contributed by atoms with van der Waals surface area (Å²) in [6.07, 6.45) is -4.92. The van der Waals surface area contributed by atoms with Crippen molar-refractivity contribution in [1.82, 2.24) is 28.9 Å². The number of benzene rings is 1. The molecule has 0 aliphatic rings. The third-order valence-corrected chi connectivity index (χ3v) is 5.46. The van der Waals surface area contributed by atoms with E-state index in [1.165, 1.54) is 11.6 Å². The minimum atomic E-state index is -4.71. The average Bonchev–Trinajstić information content (AvgIpc) is 3.27. The molecular weight excluding hydrogens is 439 g/mol. The molecule has 3 aromatic heterocycles. The van der Waals surface area contributed by atoms with Gasteiger partial charge in [0.2, 0.25) is 5.91 Å². The molecule has 1 N–H and O–H groups in total.